The molecule has 142 heavy (non-hydrogen) atoms. The van der Waals surface area contributed by atoms with Crippen LogP contribution in [0.25, 0.3) is 86.3 Å². The first-order valence-corrected chi connectivity index (χ1v) is 71.1. The average molecular weight is 2250 g/mol. The third-order valence-corrected chi connectivity index (χ3v) is 63.7. The molecular weight excluding hydrogens is 2080 g/mol. The number of benzene rings is 4. The first-order chi connectivity index (χ1) is 67.6. The molecule has 760 valence electrons. The molecule has 12 aromatic rings. The van der Waals surface area contributed by atoms with Crippen molar-refractivity contribution in [1.82, 2.24) is 0 Å². The number of hydrogen-bond acceptors (Lipinski definition) is 12. The monoisotopic (exact) mass is 2240 g/mol. The Bertz CT molecular complexity index is 6160. The lowest BCUT2D eigenvalue weighted by atomic mass is 9.95. The van der Waals surface area contributed by atoms with Crippen molar-refractivity contribution < 1.29 is 17.7 Å². The maximum atomic E-state index is 6.95. The molecule has 4 aliphatic carbocycles. The molecule has 0 amide bonds. The van der Waals surface area contributed by atoms with Crippen molar-refractivity contribution in [2.24, 2.45) is 0 Å². The van der Waals surface area contributed by atoms with E-state index in [0.29, 0.717) is 66.5 Å². The van der Waals surface area contributed by atoms with Crippen molar-refractivity contribution >= 4 is 197 Å². The lowest BCUT2D eigenvalue weighted by Gasteiger charge is -2.42. The molecular formula is C124H162Br2O4S8Si4. The number of aryl methyl sites for hydroxylation is 8. The highest BCUT2D eigenvalue weighted by atomic mass is 80.9. The molecule has 8 heterocycles. The first kappa shape index (κ1) is 115. The van der Waals surface area contributed by atoms with Crippen LogP contribution in [0.2, 0.25) is 66.5 Å². The minimum absolute atomic E-state index is 0.607. The van der Waals surface area contributed by atoms with Gasteiger partial charge in [-0.15, -0.1) is 90.7 Å². The molecule has 4 nitrogen and oxygen atoms in total. The van der Waals surface area contributed by atoms with Gasteiger partial charge in [-0.05, 0) is 320 Å². The van der Waals surface area contributed by atoms with Gasteiger partial charge in [0.05, 0.1) is 26.4 Å². The van der Waals surface area contributed by atoms with Crippen molar-refractivity contribution in [1.29, 1.82) is 0 Å². The van der Waals surface area contributed by atoms with E-state index in [4.69, 9.17) is 17.7 Å². The summed E-state index contributed by atoms with van der Waals surface area (Å²) in [6.45, 7) is 78.1. The van der Waals surface area contributed by atoms with Crippen LogP contribution in [-0.4, -0.2) is 33.3 Å². The van der Waals surface area contributed by atoms with Gasteiger partial charge in [-0.2, -0.15) is 0 Å². The van der Waals surface area contributed by atoms with Crippen LogP contribution in [0.5, 0.6) is 0 Å². The predicted octanol–water partition coefficient (Wildman–Crippen LogP) is 44.5. The molecule has 0 N–H and O–H groups in total. The second-order valence-electron chi connectivity index (χ2n) is 43.2. The van der Waals surface area contributed by atoms with Crippen LogP contribution in [0.1, 0.15) is 308 Å². The van der Waals surface area contributed by atoms with Crippen molar-refractivity contribution in [2.45, 2.75) is 353 Å². The molecule has 4 aromatic carbocycles. The van der Waals surface area contributed by atoms with E-state index in [-0.39, 0.29) is 0 Å². The predicted molar refractivity (Wildman–Crippen MR) is 658 cm³/mol. The molecule has 4 aliphatic rings. The van der Waals surface area contributed by atoms with E-state index >= 15 is 0 Å². The summed E-state index contributed by atoms with van der Waals surface area (Å²) in [6, 6.07) is 62.4. The average Bonchev–Trinajstić information content (AvgIpc) is 1.66. The van der Waals surface area contributed by atoms with Gasteiger partial charge in [-0.3, -0.25) is 0 Å². The quantitative estimate of drug-likeness (QED) is 0.0367. The Morgan fingerprint density at radius 2 is 0.458 bits per heavy atom. The van der Waals surface area contributed by atoms with Crippen LogP contribution in [0.3, 0.4) is 0 Å². The molecule has 18 heteroatoms. The maximum absolute atomic E-state index is 6.95. The van der Waals surface area contributed by atoms with E-state index in [1.807, 2.05) is 90.7 Å². The summed E-state index contributed by atoms with van der Waals surface area (Å²) in [7, 11) is -7.47. The number of halogens is 2. The van der Waals surface area contributed by atoms with Crippen LogP contribution in [0.4, 0.5) is 0 Å². The van der Waals surface area contributed by atoms with Crippen LogP contribution in [-0.2, 0) is 44.1 Å². The summed E-state index contributed by atoms with van der Waals surface area (Å²) < 4.78 is 27.7. The zero-order chi connectivity index (χ0) is 103. The van der Waals surface area contributed by atoms with Crippen LogP contribution in [0.15, 0.2) is 206 Å². The fourth-order valence-electron chi connectivity index (χ4n) is 24.8. The minimum atomic E-state index is -1.87. The van der Waals surface area contributed by atoms with Gasteiger partial charge in [-0.25, -0.2) is 0 Å². The number of rotatable bonds is 36. The van der Waals surface area contributed by atoms with E-state index in [9.17, 15) is 0 Å². The smallest absolute Gasteiger partial charge is 0.200 e. The highest BCUT2D eigenvalue weighted by Crippen LogP contribution is 2.54. The molecule has 0 saturated heterocycles. The minimum Gasteiger partial charge on any atom is -0.411 e. The second kappa shape index (κ2) is 51.2. The van der Waals surface area contributed by atoms with E-state index in [0.717, 1.165) is 45.7 Å². The summed E-state index contributed by atoms with van der Waals surface area (Å²) in [5.74, 6) is 0. The Morgan fingerprint density at radius 3 is 0.754 bits per heavy atom. The Morgan fingerprint density at radius 1 is 0.254 bits per heavy atom. The Labute approximate surface area is 909 Å². The Balaban J connectivity index is 0.000000168. The van der Waals surface area contributed by atoms with Crippen molar-refractivity contribution in [3.05, 3.63) is 309 Å². The van der Waals surface area contributed by atoms with E-state index in [1.54, 1.807) is 11.1 Å². The fraction of sp³-hybridized carbons (Fsp3) is 0.435. The molecule has 0 atom stereocenters. The van der Waals surface area contributed by atoms with Crippen LogP contribution in [0, 0.1) is 55.4 Å². The second-order valence-corrected chi connectivity index (χ2v) is 75.4. The molecule has 0 saturated carbocycles. The Kier molecular flexibility index (Phi) is 41.5. The Hall–Kier alpha value is -5.67. The number of hydrogen-bond donors (Lipinski definition) is 0. The summed E-state index contributed by atoms with van der Waals surface area (Å²) >= 11 is 20.8. The fourth-order valence-corrected chi connectivity index (χ4v) is 54.9. The lowest BCUT2D eigenvalue weighted by Crippen LogP contribution is -2.47. The summed E-state index contributed by atoms with van der Waals surface area (Å²) in [5.41, 5.74) is 35.5. The maximum Gasteiger partial charge on any atom is 0.200 e. The van der Waals surface area contributed by atoms with E-state index < -0.39 is 33.3 Å². The van der Waals surface area contributed by atoms with Crippen LogP contribution >= 0.6 is 119 Å². The first-order valence-electron chi connectivity index (χ1n) is 52.2. The van der Waals surface area contributed by atoms with Gasteiger partial charge in [0.15, 0.2) is 0 Å². The molecule has 0 radical (unpaired) electrons. The standard InChI is InChI=1S/C31H42OS2Si.3C31H40OS2Si.Br2/c4*1-20(2)35(21(3)4,22(5)6)32-19-26-17-29(23(7)33-26)27-15-12-16-28(27)30-18-31(34-24(30)8)25-13-10-9-11-14-25;1-2/h9-11,13-14,17-18,20-22H,12,15-16,19H2,1-8H3;9-11,13-18,20-22H,12,19H2,1-8H3;9-14,16-18,20-22H,15,19H2,1-8H3;9-15,17-18,20-22H,16,19H2,1-8H3;. The van der Waals surface area contributed by atoms with Gasteiger partial charge in [0.1, 0.15) is 0 Å². The van der Waals surface area contributed by atoms with Gasteiger partial charge >= 0.3 is 0 Å². The van der Waals surface area contributed by atoms with Gasteiger partial charge in [0.25, 0.3) is 0 Å². The number of allylic oxidation sites excluding steroid dienone is 14. The van der Waals surface area contributed by atoms with Crippen LogP contribution < -0.4 is 0 Å². The zero-order valence-electron chi connectivity index (χ0n) is 91.3. The van der Waals surface area contributed by atoms with Gasteiger partial charge in [-0.1, -0.05) is 324 Å². The van der Waals surface area contributed by atoms with Crippen molar-refractivity contribution in [3.63, 3.8) is 0 Å². The molecule has 0 bridgehead atoms. The zero-order valence-corrected chi connectivity index (χ0v) is 105. The molecule has 0 fully saturated rings. The normalized spacial score (nSPS) is 14.3. The molecule has 8 aromatic heterocycles. The van der Waals surface area contributed by atoms with Gasteiger partial charge < -0.3 is 17.7 Å². The third kappa shape index (κ3) is 25.4. The topological polar surface area (TPSA) is 36.9 Å². The summed E-state index contributed by atoms with van der Waals surface area (Å²) in [4.78, 5) is 22.1. The van der Waals surface area contributed by atoms with Crippen molar-refractivity contribution in [3.8, 4) is 41.8 Å². The van der Waals surface area contributed by atoms with E-state index in [1.165, 1.54) is 197 Å². The summed E-state index contributed by atoms with van der Waals surface area (Å²) in [6.07, 6.45) is 20.8. The largest absolute Gasteiger partial charge is 0.411 e. The summed E-state index contributed by atoms with van der Waals surface area (Å²) in [5, 5.41) is 0. The molecule has 0 unspecified atom stereocenters. The highest BCUT2D eigenvalue weighted by Gasteiger charge is 2.49. The van der Waals surface area contributed by atoms with Gasteiger partial charge in [0.2, 0.25) is 33.3 Å². The lowest BCUT2D eigenvalue weighted by molar-refractivity contribution is 0.269. The molecule has 16 rings (SSSR count). The molecule has 0 spiro atoms. The molecule has 0 aliphatic heterocycles. The van der Waals surface area contributed by atoms with E-state index in [2.05, 4.69) is 456 Å². The van der Waals surface area contributed by atoms with Gasteiger partial charge in [0, 0.05) is 106 Å². The third-order valence-electron chi connectivity index (χ3n) is 30.9. The van der Waals surface area contributed by atoms with Crippen molar-refractivity contribution in [2.75, 3.05) is 0 Å². The SMILES string of the molecule is BrBr.Cc1sc(-c2ccccc2)cc1C1=C(c2cc(CO[Si](C(C)C)(C(C)C)C(C)C)sc2C)CC=C1.Cc1sc(CO[Si](C(C)C)(C(C)C)C(C)C)cc1C1=C(c2cc(-c3ccccc3)sc2C)CC=C1.Cc1sc(CO[Si](C(C)C)(C(C)C)C(C)C)cc1C1=C(c2cc(-c3ccccc3)sc2C)CCC1.Cc1sc(CO[Si](C(C)C)(C(C)C)C(C)C)cc1C1=CCC=C1c1cc(-c2ccccc2)sc1C. The highest BCUT2D eigenvalue weighted by molar-refractivity contribution is 9.93. The number of thiophene rings is 8.